The zero-order valence-corrected chi connectivity index (χ0v) is 69.6. The van der Waals surface area contributed by atoms with Crippen LogP contribution in [0.15, 0.2) is 110 Å². The first-order valence-corrected chi connectivity index (χ1v) is 42.9. The third kappa shape index (κ3) is 24.2. The van der Waals surface area contributed by atoms with Crippen molar-refractivity contribution in [2.45, 2.75) is 238 Å². The summed E-state index contributed by atoms with van der Waals surface area (Å²) in [6.45, 7) is 9.57. The second-order valence-electron chi connectivity index (χ2n) is 32.7. The maximum Gasteiger partial charge on any atom is 0.315 e. The molecule has 6 fully saturated rings. The lowest BCUT2D eigenvalue weighted by Gasteiger charge is -2.49. The number of rotatable bonds is 32. The Kier molecular flexibility index (Phi) is 33.7. The second kappa shape index (κ2) is 44.3. The van der Waals surface area contributed by atoms with E-state index in [2.05, 4.69) is 61.8 Å². The Labute approximate surface area is 689 Å². The number of nitrogens with one attached hydrogen (secondary N) is 9. The van der Waals surface area contributed by atoms with Gasteiger partial charge in [0.25, 0.3) is 0 Å². The molecule has 6 aromatic rings. The predicted molar refractivity (Wildman–Crippen MR) is 445 cm³/mol. The average Bonchev–Trinajstić information content (AvgIpc) is 1.09. The van der Waals surface area contributed by atoms with E-state index in [1.807, 2.05) is 108 Å². The van der Waals surface area contributed by atoms with E-state index in [1.165, 1.54) is 38.5 Å². The van der Waals surface area contributed by atoms with Crippen LogP contribution in [-0.4, -0.2) is 194 Å². The SMILES string of the molecule is CCC(=O)C1(C2CCCCC2)CCN(C(=O)C(Cc2ccc(OC)cc2)NC(=O)NCCc2cnc[nH]2)CC1.CCC(=O)C1(C2CCCCC2)CCN(C(=O)C(Cc2ccc(OC)cc2)NC(=O)NCc2cnc[nH]2)CC1.CCC1CC(C(=O)O)(C2CCCCC2)CCN1C(=O)[C@@H](Cc1ccc(OC)cc1)NC(=O)NCCc1cnc[nH]1. The van der Waals surface area contributed by atoms with Gasteiger partial charge in [-0.15, -0.1) is 0 Å². The van der Waals surface area contributed by atoms with E-state index in [0.29, 0.717) is 165 Å². The van der Waals surface area contributed by atoms with Crippen LogP contribution in [0.5, 0.6) is 17.2 Å². The molecule has 4 unspecified atom stereocenters. The van der Waals surface area contributed by atoms with Crippen molar-refractivity contribution in [3.8, 4) is 17.2 Å². The van der Waals surface area contributed by atoms with Gasteiger partial charge in [-0.25, -0.2) is 29.3 Å². The Morgan fingerprint density at radius 1 is 0.444 bits per heavy atom. The van der Waals surface area contributed by atoms with Gasteiger partial charge in [0, 0.05) is 138 Å². The number of hydrogen-bond acceptors (Lipinski definition) is 15. The smallest absolute Gasteiger partial charge is 0.315 e. The maximum absolute atomic E-state index is 14.0. The lowest BCUT2D eigenvalue weighted by Crippen LogP contribution is -2.59. The third-order valence-corrected chi connectivity index (χ3v) is 25.9. The van der Waals surface area contributed by atoms with E-state index < -0.39 is 41.6 Å². The molecule has 3 aromatic carbocycles. The van der Waals surface area contributed by atoms with E-state index in [0.717, 1.165) is 103 Å². The molecule has 28 heteroatoms. The molecule has 10 N–H and O–H groups in total. The fourth-order valence-corrected chi connectivity index (χ4v) is 19.2. The third-order valence-electron chi connectivity index (χ3n) is 25.9. The number of hydrogen-bond donors (Lipinski definition) is 10. The van der Waals surface area contributed by atoms with Crippen LogP contribution in [0.1, 0.15) is 209 Å². The fourth-order valence-electron chi connectivity index (χ4n) is 19.2. The molecule has 0 spiro atoms. The Hall–Kier alpha value is -10.3. The molecule has 3 aliphatic heterocycles. The average molecular weight is 1620 g/mol. The minimum Gasteiger partial charge on any atom is -0.497 e. The molecule has 28 nitrogen and oxygen atoms in total. The lowest BCUT2D eigenvalue weighted by molar-refractivity contribution is -0.163. The standard InChI is InChI=1S/C30H43N5O5.C30H43N5O4.C29H41N5O4/c1-3-24-18-30(28(37)38,22-7-5-4-6-8-22)14-16-35(24)27(36)26(17-21-9-11-25(40-2)12-10-21)34-29(39)32-15-13-23-19-31-20-33-23;1-3-27(36)30(23-7-5-4-6-8-23)14-17-35(18-15-30)28(37)26(19-22-9-11-25(39-2)12-10-22)34-29(38)32-16-13-24-20-31-21-33-24;1-3-26(35)29(22-7-5-4-6-8-22)13-15-34(16-14-29)27(36)25(17-21-9-11-24(38-2)12-10-21)33-28(37)31-19-23-18-30-20-32-23/h9-12,19-20,22,24,26H,3-8,13-18H2,1-2H3,(H,31,33)(H,37,38)(H2,32,34,39);9-12,20-21,23,26H,3-8,13-19H2,1-2H3,(H,31,33)(H2,32,34,38);9-12,18,20,22,25H,3-8,13-17,19H2,1-2H3,(H,30,32)(H2,31,33,37)/t24?,26-,30?;;/m1../s1. The molecule has 3 saturated carbocycles. The number of nitrogens with zero attached hydrogens (tertiary/aromatic N) is 6. The Balaban J connectivity index is 0.000000185. The van der Waals surface area contributed by atoms with Gasteiger partial charge in [-0.1, -0.05) is 115 Å². The molecule has 6 aliphatic rings. The summed E-state index contributed by atoms with van der Waals surface area (Å²) in [7, 11) is 4.83. The zero-order valence-electron chi connectivity index (χ0n) is 69.6. The predicted octanol–water partition coefficient (Wildman–Crippen LogP) is 12.0. The number of aromatic amines is 3. The molecule has 12 rings (SSSR count). The van der Waals surface area contributed by atoms with Crippen LogP contribution in [0.3, 0.4) is 0 Å². The first-order chi connectivity index (χ1) is 56.7. The van der Waals surface area contributed by atoms with Gasteiger partial charge in [-0.2, -0.15) is 0 Å². The molecular formula is C89H127N15O13. The Morgan fingerprint density at radius 3 is 1.10 bits per heavy atom. The number of H-pyrrole nitrogens is 3. The minimum atomic E-state index is -0.791. The highest BCUT2D eigenvalue weighted by Gasteiger charge is 2.53. The molecule has 3 aliphatic carbocycles. The van der Waals surface area contributed by atoms with Crippen LogP contribution in [0.25, 0.3) is 0 Å². The summed E-state index contributed by atoms with van der Waals surface area (Å²) < 4.78 is 15.8. The number of benzene rings is 3. The maximum atomic E-state index is 14.0. The Morgan fingerprint density at radius 2 is 0.778 bits per heavy atom. The van der Waals surface area contributed by atoms with Crippen molar-refractivity contribution in [2.75, 3.05) is 67.1 Å². The molecule has 0 bridgehead atoms. The number of carboxylic acid groups (broad SMARTS) is 1. The van der Waals surface area contributed by atoms with E-state index in [-0.39, 0.29) is 53.1 Å². The van der Waals surface area contributed by atoms with Gasteiger partial charge in [0.2, 0.25) is 17.7 Å². The second-order valence-corrected chi connectivity index (χ2v) is 32.7. The van der Waals surface area contributed by atoms with Gasteiger partial charge in [0.1, 0.15) is 46.9 Å². The molecule has 3 saturated heterocycles. The highest BCUT2D eigenvalue weighted by Crippen LogP contribution is 2.51. The highest BCUT2D eigenvalue weighted by molar-refractivity contribution is 5.91. The van der Waals surface area contributed by atoms with Crippen molar-refractivity contribution < 1.29 is 62.5 Å². The van der Waals surface area contributed by atoms with Gasteiger partial charge in [0.05, 0.1) is 58.0 Å². The summed E-state index contributed by atoms with van der Waals surface area (Å²) in [5.41, 5.74) is 3.94. The topological polar surface area (TPSA) is 369 Å². The summed E-state index contributed by atoms with van der Waals surface area (Å²) >= 11 is 0. The van der Waals surface area contributed by atoms with E-state index >= 15 is 0 Å². The number of carboxylic acids is 1. The number of ketones is 2. The summed E-state index contributed by atoms with van der Waals surface area (Å²) in [5.74, 6) is 2.77. The minimum absolute atomic E-state index is 0.101. The van der Waals surface area contributed by atoms with Gasteiger partial charge >= 0.3 is 24.1 Å². The van der Waals surface area contributed by atoms with Gasteiger partial charge < -0.3 is 80.9 Å². The molecule has 3 aromatic heterocycles. The fraction of sp³-hybridized carbons (Fsp3) is 0.596. The van der Waals surface area contributed by atoms with Crippen molar-refractivity contribution in [3.63, 3.8) is 0 Å². The lowest BCUT2D eigenvalue weighted by atomic mass is 9.61. The number of carbonyl (C=O) groups is 9. The first kappa shape index (κ1) is 89.1. The van der Waals surface area contributed by atoms with Crippen molar-refractivity contribution in [1.82, 2.24) is 76.5 Å². The van der Waals surface area contributed by atoms with E-state index in [4.69, 9.17) is 14.2 Å². The van der Waals surface area contributed by atoms with Gasteiger partial charge in [-0.3, -0.25) is 28.8 Å². The Bertz CT molecular complexity index is 4070. The number of likely N-dealkylation sites (tertiary alicyclic amines) is 3. The van der Waals surface area contributed by atoms with Gasteiger partial charge in [-0.05, 0) is 154 Å². The van der Waals surface area contributed by atoms with Crippen LogP contribution in [0, 0.1) is 34.0 Å². The summed E-state index contributed by atoms with van der Waals surface area (Å²) in [4.78, 5) is 146. The molecule has 9 amide bonds. The zero-order chi connectivity index (χ0) is 83.2. The van der Waals surface area contributed by atoms with Gasteiger partial charge in [0.15, 0.2) is 0 Å². The molecule has 5 atom stereocenters. The van der Waals surface area contributed by atoms with Crippen LogP contribution in [0.2, 0.25) is 0 Å². The molecule has 6 heterocycles. The van der Waals surface area contributed by atoms with Crippen LogP contribution in [-0.2, 0) is 67.4 Å². The number of imidazole rings is 3. The van der Waals surface area contributed by atoms with Crippen LogP contribution >= 0.6 is 0 Å². The normalized spacial score (nSPS) is 19.7. The molecule has 0 radical (unpaired) electrons. The summed E-state index contributed by atoms with van der Waals surface area (Å²) in [5, 5.41) is 27.6. The van der Waals surface area contributed by atoms with Crippen LogP contribution in [0.4, 0.5) is 14.4 Å². The monoisotopic (exact) mass is 1610 g/mol. The number of piperidine rings is 3. The van der Waals surface area contributed by atoms with Crippen molar-refractivity contribution in [3.05, 3.63) is 144 Å². The first-order valence-electron chi connectivity index (χ1n) is 42.9. The molecular weight excluding hydrogens is 1490 g/mol. The van der Waals surface area contributed by atoms with Crippen LogP contribution < -0.4 is 46.1 Å². The number of aromatic nitrogens is 6. The number of amides is 9. The summed E-state index contributed by atoms with van der Waals surface area (Å²) in [6.07, 6.45) is 34.5. The highest BCUT2D eigenvalue weighted by atomic mass is 16.5. The van der Waals surface area contributed by atoms with E-state index in [9.17, 15) is 48.3 Å². The number of urea groups is 3. The number of aliphatic carboxylic acids is 1. The molecule has 636 valence electrons. The summed E-state index contributed by atoms with van der Waals surface area (Å²) in [6, 6.07) is 18.9. The van der Waals surface area contributed by atoms with E-state index in [1.54, 1.807) is 58.9 Å². The molecule has 117 heavy (non-hydrogen) atoms. The quantitative estimate of drug-likeness (QED) is 0.0188. The number of methoxy groups -OCH3 is 3. The van der Waals surface area contributed by atoms with Crippen molar-refractivity contribution in [1.29, 1.82) is 0 Å². The number of Topliss-reactive ketones (excluding diaryl/α,β-unsaturated/α-hetero) is 2. The number of carbonyl (C=O) groups excluding carboxylic acids is 8. The van der Waals surface area contributed by atoms with Crippen molar-refractivity contribution in [2.24, 2.45) is 34.0 Å². The largest absolute Gasteiger partial charge is 0.497 e. The number of ether oxygens (including phenoxy) is 3. The van der Waals surface area contributed by atoms with Crippen molar-refractivity contribution >= 4 is 53.4 Å².